The van der Waals surface area contributed by atoms with Crippen LogP contribution in [0.25, 0.3) is 0 Å². The van der Waals surface area contributed by atoms with Crippen molar-refractivity contribution in [2.75, 3.05) is 6.54 Å². The first kappa shape index (κ1) is 11.4. The number of carbonyl (C=O) groups is 1. The average Bonchev–Trinajstić information content (AvgIpc) is 1.98. The Morgan fingerprint density at radius 2 is 2.00 bits per heavy atom. The van der Waals surface area contributed by atoms with Crippen molar-refractivity contribution in [3.63, 3.8) is 0 Å². The van der Waals surface area contributed by atoms with E-state index in [9.17, 15) is 4.79 Å². The van der Waals surface area contributed by atoms with Gasteiger partial charge in [-0.3, -0.25) is 4.79 Å². The van der Waals surface area contributed by atoms with Gasteiger partial charge in [-0.15, -0.1) is 0 Å². The summed E-state index contributed by atoms with van der Waals surface area (Å²) >= 11 is 0. The van der Waals surface area contributed by atoms with Gasteiger partial charge in [0.1, 0.15) is 5.54 Å². The van der Waals surface area contributed by atoms with Crippen LogP contribution in [0.1, 0.15) is 32.6 Å². The van der Waals surface area contributed by atoms with Gasteiger partial charge in [-0.2, -0.15) is 0 Å². The first-order chi connectivity index (χ1) is 5.50. The SMILES string of the molecule is CC(N)(CCCCCN)C(=O)O. The molecule has 0 aliphatic heterocycles. The molecule has 0 bridgehead atoms. The van der Waals surface area contributed by atoms with E-state index >= 15 is 0 Å². The summed E-state index contributed by atoms with van der Waals surface area (Å²) in [5.74, 6) is -0.935. The van der Waals surface area contributed by atoms with Crippen LogP contribution in [0.3, 0.4) is 0 Å². The lowest BCUT2D eigenvalue weighted by atomic mass is 9.96. The van der Waals surface area contributed by atoms with Crippen LogP contribution in [0.15, 0.2) is 0 Å². The molecule has 5 N–H and O–H groups in total. The van der Waals surface area contributed by atoms with Gasteiger partial charge < -0.3 is 16.6 Å². The molecule has 0 aliphatic carbocycles. The molecule has 0 aromatic rings. The fraction of sp³-hybridized carbons (Fsp3) is 0.875. The van der Waals surface area contributed by atoms with Crippen LogP contribution in [-0.4, -0.2) is 23.2 Å². The Morgan fingerprint density at radius 1 is 1.42 bits per heavy atom. The lowest BCUT2D eigenvalue weighted by Crippen LogP contribution is -2.44. The van der Waals surface area contributed by atoms with Gasteiger partial charge in [-0.25, -0.2) is 0 Å². The summed E-state index contributed by atoms with van der Waals surface area (Å²) in [6, 6.07) is 0. The molecule has 4 nitrogen and oxygen atoms in total. The summed E-state index contributed by atoms with van der Waals surface area (Å²) < 4.78 is 0. The predicted molar refractivity (Wildman–Crippen MR) is 47.8 cm³/mol. The van der Waals surface area contributed by atoms with E-state index in [2.05, 4.69) is 0 Å². The monoisotopic (exact) mass is 174 g/mol. The minimum absolute atomic E-state index is 0.516. The fourth-order valence-electron chi connectivity index (χ4n) is 0.920. The molecular weight excluding hydrogens is 156 g/mol. The van der Waals surface area contributed by atoms with E-state index in [0.717, 1.165) is 19.3 Å². The summed E-state index contributed by atoms with van der Waals surface area (Å²) in [6.45, 7) is 2.20. The Labute approximate surface area is 72.9 Å². The number of hydrogen-bond acceptors (Lipinski definition) is 3. The van der Waals surface area contributed by atoms with Crippen LogP contribution in [0.5, 0.6) is 0 Å². The van der Waals surface area contributed by atoms with Crippen LogP contribution < -0.4 is 11.5 Å². The zero-order chi connectivity index (χ0) is 9.61. The van der Waals surface area contributed by atoms with E-state index in [1.54, 1.807) is 0 Å². The molecule has 0 amide bonds. The lowest BCUT2D eigenvalue weighted by Gasteiger charge is -2.18. The van der Waals surface area contributed by atoms with Gasteiger partial charge in [-0.1, -0.05) is 12.8 Å². The highest BCUT2D eigenvalue weighted by Crippen LogP contribution is 2.11. The largest absolute Gasteiger partial charge is 0.480 e. The third-order valence-corrected chi connectivity index (χ3v) is 1.89. The van der Waals surface area contributed by atoms with Crippen molar-refractivity contribution in [1.82, 2.24) is 0 Å². The van der Waals surface area contributed by atoms with Crippen molar-refractivity contribution in [2.24, 2.45) is 11.5 Å². The average molecular weight is 174 g/mol. The highest BCUT2D eigenvalue weighted by Gasteiger charge is 2.26. The van der Waals surface area contributed by atoms with Crippen LogP contribution in [0.2, 0.25) is 0 Å². The number of unbranched alkanes of at least 4 members (excludes halogenated alkanes) is 2. The fourth-order valence-corrected chi connectivity index (χ4v) is 0.920. The normalized spacial score (nSPS) is 15.6. The van der Waals surface area contributed by atoms with E-state index in [1.165, 1.54) is 6.92 Å². The molecule has 0 spiro atoms. The molecule has 0 saturated heterocycles. The van der Waals surface area contributed by atoms with Crippen molar-refractivity contribution in [2.45, 2.75) is 38.1 Å². The van der Waals surface area contributed by atoms with Crippen molar-refractivity contribution >= 4 is 5.97 Å². The van der Waals surface area contributed by atoms with Gasteiger partial charge in [0.05, 0.1) is 0 Å². The van der Waals surface area contributed by atoms with E-state index in [4.69, 9.17) is 16.6 Å². The summed E-state index contributed by atoms with van der Waals surface area (Å²) in [5, 5.41) is 8.65. The molecule has 0 radical (unpaired) electrons. The number of carboxylic acid groups (broad SMARTS) is 1. The Hall–Kier alpha value is -0.610. The number of nitrogens with two attached hydrogens (primary N) is 2. The van der Waals surface area contributed by atoms with Crippen molar-refractivity contribution in [1.29, 1.82) is 0 Å². The second-order valence-electron chi connectivity index (χ2n) is 3.32. The molecule has 1 unspecified atom stereocenters. The third-order valence-electron chi connectivity index (χ3n) is 1.89. The highest BCUT2D eigenvalue weighted by molar-refractivity contribution is 5.77. The molecule has 72 valence electrons. The molecule has 0 aromatic heterocycles. The minimum atomic E-state index is -1.07. The Morgan fingerprint density at radius 3 is 2.42 bits per heavy atom. The van der Waals surface area contributed by atoms with Gasteiger partial charge in [0.15, 0.2) is 0 Å². The van der Waals surface area contributed by atoms with Crippen molar-refractivity contribution < 1.29 is 9.90 Å². The molecule has 4 heteroatoms. The maximum Gasteiger partial charge on any atom is 0.323 e. The van der Waals surface area contributed by atoms with Gasteiger partial charge >= 0.3 is 5.97 Å². The van der Waals surface area contributed by atoms with E-state index in [-0.39, 0.29) is 0 Å². The molecular formula is C8H18N2O2. The molecule has 0 fully saturated rings. The summed E-state index contributed by atoms with van der Waals surface area (Å²) in [6.07, 6.45) is 3.24. The topological polar surface area (TPSA) is 89.3 Å². The molecule has 0 rings (SSSR count). The first-order valence-corrected chi connectivity index (χ1v) is 4.23. The van der Waals surface area contributed by atoms with Crippen molar-refractivity contribution in [3.8, 4) is 0 Å². The maximum absolute atomic E-state index is 10.5. The molecule has 0 aliphatic rings. The second kappa shape index (κ2) is 5.11. The molecule has 0 heterocycles. The van der Waals surface area contributed by atoms with Gasteiger partial charge in [0.2, 0.25) is 0 Å². The standard InChI is InChI=1S/C8H18N2O2/c1-8(10,7(11)12)5-3-2-4-6-9/h2-6,9-10H2,1H3,(H,11,12). The maximum atomic E-state index is 10.5. The Balaban J connectivity index is 3.54. The summed E-state index contributed by atoms with van der Waals surface area (Å²) in [7, 11) is 0. The first-order valence-electron chi connectivity index (χ1n) is 4.23. The van der Waals surface area contributed by atoms with Crippen LogP contribution in [0.4, 0.5) is 0 Å². The molecule has 0 saturated carbocycles. The van der Waals surface area contributed by atoms with Crippen molar-refractivity contribution in [3.05, 3.63) is 0 Å². The van der Waals surface area contributed by atoms with Gasteiger partial charge in [-0.05, 0) is 26.3 Å². The number of hydrogen-bond donors (Lipinski definition) is 3. The second-order valence-corrected chi connectivity index (χ2v) is 3.32. The molecule has 1 atom stereocenters. The lowest BCUT2D eigenvalue weighted by molar-refractivity contribution is -0.142. The van der Waals surface area contributed by atoms with Crippen LogP contribution in [-0.2, 0) is 4.79 Å². The number of rotatable bonds is 6. The molecule has 0 aromatic carbocycles. The third kappa shape index (κ3) is 4.31. The summed E-state index contributed by atoms with van der Waals surface area (Å²) in [4.78, 5) is 10.5. The van der Waals surface area contributed by atoms with Gasteiger partial charge in [0.25, 0.3) is 0 Å². The van der Waals surface area contributed by atoms with E-state index in [1.807, 2.05) is 0 Å². The van der Waals surface area contributed by atoms with Gasteiger partial charge in [0, 0.05) is 0 Å². The predicted octanol–water partition coefficient (Wildman–Crippen LogP) is 0.308. The van der Waals surface area contributed by atoms with E-state index in [0.29, 0.717) is 13.0 Å². The quantitative estimate of drug-likeness (QED) is 0.505. The zero-order valence-electron chi connectivity index (χ0n) is 7.55. The Bertz CT molecular complexity index is 146. The highest BCUT2D eigenvalue weighted by atomic mass is 16.4. The molecule has 12 heavy (non-hydrogen) atoms. The number of aliphatic carboxylic acids is 1. The summed E-state index contributed by atoms with van der Waals surface area (Å²) in [5.41, 5.74) is 9.73. The minimum Gasteiger partial charge on any atom is -0.480 e. The zero-order valence-corrected chi connectivity index (χ0v) is 7.55. The smallest absolute Gasteiger partial charge is 0.323 e. The number of carboxylic acids is 1. The van der Waals surface area contributed by atoms with Crippen LogP contribution >= 0.6 is 0 Å². The van der Waals surface area contributed by atoms with E-state index < -0.39 is 11.5 Å². The van der Waals surface area contributed by atoms with Crippen LogP contribution in [0, 0.1) is 0 Å². The Kier molecular flexibility index (Phi) is 4.85.